The van der Waals surface area contributed by atoms with Gasteiger partial charge in [-0.25, -0.2) is 9.78 Å². The number of carboxylic acids is 2. The van der Waals surface area contributed by atoms with Crippen LogP contribution in [-0.2, 0) is 35.2 Å². The molecule has 12 N–H and O–H groups in total. The fraction of sp³-hybridized carbons (Fsp3) is 0.571. The molecule has 4 unspecified atom stereocenters. The molecule has 0 aromatic carbocycles. The van der Waals surface area contributed by atoms with Crippen LogP contribution in [0.25, 0.3) is 0 Å². The smallest absolute Gasteiger partial charge is 0.326 e. The number of nitrogens with zero attached hydrogens (tertiary/aromatic N) is 1. The van der Waals surface area contributed by atoms with Gasteiger partial charge in [-0.05, 0) is 32.2 Å². The molecule has 16 heteroatoms. The number of unbranched alkanes of at least 4 members (excludes halogenated alkanes) is 1. The lowest BCUT2D eigenvalue weighted by atomic mass is 10.1. The fourth-order valence-corrected chi connectivity index (χ4v) is 3.21. The highest BCUT2D eigenvalue weighted by molar-refractivity contribution is 5.95. The Bertz CT molecular complexity index is 939. The Labute approximate surface area is 212 Å². The van der Waals surface area contributed by atoms with Crippen LogP contribution in [0, 0.1) is 0 Å². The van der Waals surface area contributed by atoms with Gasteiger partial charge in [0.25, 0.3) is 0 Å². The zero-order valence-corrected chi connectivity index (χ0v) is 20.1. The van der Waals surface area contributed by atoms with Crippen molar-refractivity contribution in [2.45, 2.75) is 69.1 Å². The summed E-state index contributed by atoms with van der Waals surface area (Å²) < 4.78 is 0. The van der Waals surface area contributed by atoms with Gasteiger partial charge in [-0.15, -0.1) is 0 Å². The van der Waals surface area contributed by atoms with Crippen LogP contribution in [0.4, 0.5) is 0 Å². The van der Waals surface area contributed by atoms with Crippen LogP contribution >= 0.6 is 0 Å². The second-order valence-electron chi connectivity index (χ2n) is 8.30. The molecule has 4 atom stereocenters. The summed E-state index contributed by atoms with van der Waals surface area (Å²) in [5.41, 5.74) is 16.6. The summed E-state index contributed by atoms with van der Waals surface area (Å²) >= 11 is 0. The SMILES string of the molecule is NCCCCC(NC(=O)C(CC(=O)O)NC(=O)C(N)CCC(N)=O)C(=O)NC(Cc1cnc[nH]1)C(=O)O. The van der Waals surface area contributed by atoms with Crippen LogP contribution in [0.1, 0.15) is 44.2 Å². The van der Waals surface area contributed by atoms with E-state index in [0.717, 1.165) is 0 Å². The highest BCUT2D eigenvalue weighted by atomic mass is 16.4. The Morgan fingerprint density at radius 2 is 1.54 bits per heavy atom. The minimum atomic E-state index is -1.60. The number of amides is 4. The van der Waals surface area contributed by atoms with Crippen molar-refractivity contribution >= 4 is 35.6 Å². The highest BCUT2D eigenvalue weighted by Crippen LogP contribution is 2.06. The first-order valence-electron chi connectivity index (χ1n) is 11.5. The van der Waals surface area contributed by atoms with E-state index in [-0.39, 0.29) is 25.7 Å². The summed E-state index contributed by atoms with van der Waals surface area (Å²) in [5, 5.41) is 25.6. The van der Waals surface area contributed by atoms with E-state index in [1.54, 1.807) is 0 Å². The first-order valence-corrected chi connectivity index (χ1v) is 11.5. The molecule has 0 saturated heterocycles. The van der Waals surface area contributed by atoms with E-state index in [9.17, 15) is 39.0 Å². The number of H-pyrrole nitrogens is 1. The monoisotopic (exact) mass is 526 g/mol. The van der Waals surface area contributed by atoms with E-state index in [1.807, 2.05) is 0 Å². The zero-order chi connectivity index (χ0) is 28.0. The number of aromatic amines is 1. The van der Waals surface area contributed by atoms with Crippen molar-refractivity contribution in [1.29, 1.82) is 0 Å². The molecule has 0 spiro atoms. The number of aliphatic carboxylic acids is 2. The molecule has 0 radical (unpaired) electrons. The topological polar surface area (TPSA) is 286 Å². The second-order valence-corrected chi connectivity index (χ2v) is 8.30. The van der Waals surface area contributed by atoms with Crippen molar-refractivity contribution in [1.82, 2.24) is 25.9 Å². The van der Waals surface area contributed by atoms with Crippen LogP contribution < -0.4 is 33.2 Å². The number of hydrogen-bond acceptors (Lipinski definition) is 9. The van der Waals surface area contributed by atoms with E-state index in [2.05, 4.69) is 25.9 Å². The van der Waals surface area contributed by atoms with E-state index in [0.29, 0.717) is 25.1 Å². The molecule has 206 valence electrons. The number of nitrogens with two attached hydrogens (primary N) is 3. The number of nitrogens with one attached hydrogen (secondary N) is 4. The van der Waals surface area contributed by atoms with Crippen LogP contribution in [0.2, 0.25) is 0 Å². The van der Waals surface area contributed by atoms with Crippen molar-refractivity contribution < 1.29 is 39.0 Å². The standard InChI is InChI=1S/C21H34N8O8/c22-6-2-1-3-13(19(34)29-15(21(36)37)7-11-9-25-10-26-11)27-20(35)14(8-17(31)32)28-18(33)12(23)4-5-16(24)30/h9-10,12-15H,1-8,22-23H2,(H2,24,30)(H,25,26)(H,27,35)(H,28,33)(H,29,34)(H,31,32)(H,36,37). The summed E-state index contributed by atoms with van der Waals surface area (Å²) in [5.74, 6) is -6.14. The summed E-state index contributed by atoms with van der Waals surface area (Å²) in [6.07, 6.45) is 2.45. The fourth-order valence-electron chi connectivity index (χ4n) is 3.21. The van der Waals surface area contributed by atoms with Gasteiger partial charge in [-0.3, -0.25) is 24.0 Å². The van der Waals surface area contributed by atoms with E-state index in [4.69, 9.17) is 17.2 Å². The lowest BCUT2D eigenvalue weighted by molar-refractivity contribution is -0.143. The molecule has 1 aromatic rings. The van der Waals surface area contributed by atoms with E-state index in [1.165, 1.54) is 12.5 Å². The maximum Gasteiger partial charge on any atom is 0.326 e. The van der Waals surface area contributed by atoms with Gasteiger partial charge in [-0.2, -0.15) is 0 Å². The third-order valence-corrected chi connectivity index (χ3v) is 5.22. The average Bonchev–Trinajstić information content (AvgIpc) is 3.33. The Balaban J connectivity index is 2.97. The van der Waals surface area contributed by atoms with Crippen molar-refractivity contribution in [2.75, 3.05) is 6.54 Å². The molecule has 0 saturated carbocycles. The summed E-state index contributed by atoms with van der Waals surface area (Å²) in [4.78, 5) is 78.5. The predicted molar refractivity (Wildman–Crippen MR) is 127 cm³/mol. The molecule has 1 aromatic heterocycles. The summed E-state index contributed by atoms with van der Waals surface area (Å²) in [7, 11) is 0. The Hall–Kier alpha value is -4.05. The number of imidazole rings is 1. The molecular formula is C21H34N8O8. The molecule has 1 heterocycles. The van der Waals surface area contributed by atoms with Crippen molar-refractivity contribution in [3.63, 3.8) is 0 Å². The molecular weight excluding hydrogens is 492 g/mol. The minimum Gasteiger partial charge on any atom is -0.481 e. The van der Waals surface area contributed by atoms with Crippen LogP contribution in [0.3, 0.4) is 0 Å². The molecule has 0 aliphatic rings. The molecule has 0 aliphatic heterocycles. The molecule has 0 bridgehead atoms. The normalized spacial score (nSPS) is 14.0. The number of primary amides is 1. The van der Waals surface area contributed by atoms with Crippen LogP contribution in [0.5, 0.6) is 0 Å². The highest BCUT2D eigenvalue weighted by Gasteiger charge is 2.31. The first-order chi connectivity index (χ1) is 17.4. The van der Waals surface area contributed by atoms with Crippen molar-refractivity contribution in [3.8, 4) is 0 Å². The maximum absolute atomic E-state index is 12.9. The van der Waals surface area contributed by atoms with Crippen molar-refractivity contribution in [2.24, 2.45) is 17.2 Å². The summed E-state index contributed by atoms with van der Waals surface area (Å²) in [6, 6.07) is -5.44. The third kappa shape index (κ3) is 12.0. The lowest BCUT2D eigenvalue weighted by Gasteiger charge is -2.24. The number of aromatic nitrogens is 2. The quantitative estimate of drug-likeness (QED) is 0.0853. The Morgan fingerprint density at radius 1 is 0.919 bits per heavy atom. The largest absolute Gasteiger partial charge is 0.481 e. The van der Waals surface area contributed by atoms with E-state index >= 15 is 0 Å². The van der Waals surface area contributed by atoms with Gasteiger partial charge in [0.15, 0.2) is 0 Å². The van der Waals surface area contributed by atoms with Crippen LogP contribution in [0.15, 0.2) is 12.5 Å². The third-order valence-electron chi connectivity index (χ3n) is 5.22. The number of rotatable bonds is 18. The number of carbonyl (C=O) groups is 6. The van der Waals surface area contributed by atoms with Gasteiger partial charge in [0.05, 0.1) is 18.8 Å². The first kappa shape index (κ1) is 31.0. The number of hydrogen-bond donors (Lipinski definition) is 9. The molecule has 0 aliphatic carbocycles. The Morgan fingerprint density at radius 3 is 2.08 bits per heavy atom. The molecule has 1 rings (SSSR count). The molecule has 4 amide bonds. The summed E-state index contributed by atoms with van der Waals surface area (Å²) in [6.45, 7) is 0.306. The average molecular weight is 527 g/mol. The van der Waals surface area contributed by atoms with Gasteiger partial charge in [0, 0.05) is 24.7 Å². The maximum atomic E-state index is 12.9. The molecule has 0 fully saturated rings. The van der Waals surface area contributed by atoms with Gasteiger partial charge >= 0.3 is 11.9 Å². The van der Waals surface area contributed by atoms with Crippen LogP contribution in [-0.4, -0.2) is 86.5 Å². The van der Waals surface area contributed by atoms with E-state index < -0.39 is 66.2 Å². The zero-order valence-electron chi connectivity index (χ0n) is 20.1. The molecule has 16 nitrogen and oxygen atoms in total. The van der Waals surface area contributed by atoms with Crippen molar-refractivity contribution in [3.05, 3.63) is 18.2 Å². The molecule has 37 heavy (non-hydrogen) atoms. The number of carbonyl (C=O) groups excluding carboxylic acids is 4. The van der Waals surface area contributed by atoms with Gasteiger partial charge in [0.1, 0.15) is 18.1 Å². The Kier molecular flexibility index (Phi) is 13.3. The van der Waals surface area contributed by atoms with Gasteiger partial charge < -0.3 is 48.3 Å². The number of carboxylic acid groups (broad SMARTS) is 2. The van der Waals surface area contributed by atoms with Gasteiger partial charge in [0.2, 0.25) is 23.6 Å². The lowest BCUT2D eigenvalue weighted by Crippen LogP contribution is -2.57. The minimum absolute atomic E-state index is 0.0665. The second kappa shape index (κ2) is 15.8. The van der Waals surface area contributed by atoms with Gasteiger partial charge in [-0.1, -0.05) is 0 Å². The predicted octanol–water partition coefficient (Wildman–Crippen LogP) is -3.31.